The first-order valence-corrected chi connectivity index (χ1v) is 12.6. The first kappa shape index (κ1) is 20.1. The fourth-order valence-electron chi connectivity index (χ4n) is 5.18. The quantitative estimate of drug-likeness (QED) is 0.419. The third-order valence-electron chi connectivity index (χ3n) is 6.76. The van der Waals surface area contributed by atoms with Crippen molar-refractivity contribution in [2.45, 2.75) is 83.6 Å². The van der Waals surface area contributed by atoms with Gasteiger partial charge in [-0.2, -0.15) is 0 Å². The van der Waals surface area contributed by atoms with Crippen LogP contribution in [0, 0.1) is 23.7 Å². The van der Waals surface area contributed by atoms with Crippen LogP contribution in [0.2, 0.25) is 0 Å². The molecule has 3 aliphatic carbocycles. The molecule has 0 heterocycles. The summed E-state index contributed by atoms with van der Waals surface area (Å²) in [5, 5.41) is 0. The summed E-state index contributed by atoms with van der Waals surface area (Å²) in [5.74, 6) is 2.33. The molecule has 4 heteroatoms. The largest absolute Gasteiger partial charge is 0.212 e. The van der Waals surface area contributed by atoms with E-state index in [1.165, 1.54) is 44.9 Å². The Morgan fingerprint density at radius 1 is 1.08 bits per heavy atom. The number of unbranched alkanes of at least 4 members (excludes halogenated alkanes) is 2. The minimum Gasteiger partial charge on any atom is -0.212 e. The Bertz CT molecular complexity index is 589. The minimum atomic E-state index is -3.17. The van der Waals surface area contributed by atoms with Crippen LogP contribution >= 0.6 is 0 Å². The maximum absolute atomic E-state index is 12.7. The van der Waals surface area contributed by atoms with Crippen molar-refractivity contribution in [2.24, 2.45) is 23.7 Å². The zero-order chi connectivity index (χ0) is 18.4. The molecule has 0 radical (unpaired) electrons. The highest BCUT2D eigenvalue weighted by atomic mass is 32.2. The lowest BCUT2D eigenvalue weighted by Gasteiger charge is -2.28. The lowest BCUT2D eigenvalue weighted by molar-refractivity contribution is 0.346. The molecule has 0 spiro atoms. The zero-order valence-corrected chi connectivity index (χ0v) is 17.2. The maximum atomic E-state index is 12.7. The SMILES string of the molecule is CCCCC=CCC1C2C=CC(C2)C1NS(=O)(=O)CCC1CCCCC1. The molecule has 0 aromatic rings. The highest BCUT2D eigenvalue weighted by molar-refractivity contribution is 7.89. The molecule has 148 valence electrons. The first-order chi connectivity index (χ1) is 12.6. The minimum absolute atomic E-state index is 0.109. The van der Waals surface area contributed by atoms with Gasteiger partial charge in [0.2, 0.25) is 10.0 Å². The number of hydrogen-bond acceptors (Lipinski definition) is 2. The molecular formula is C22H37NO2S. The van der Waals surface area contributed by atoms with Crippen LogP contribution in [0.15, 0.2) is 24.3 Å². The monoisotopic (exact) mass is 379 g/mol. The second-order valence-electron chi connectivity index (χ2n) is 8.72. The molecule has 4 unspecified atom stereocenters. The summed E-state index contributed by atoms with van der Waals surface area (Å²) in [6.45, 7) is 2.21. The predicted octanol–water partition coefficient (Wildman–Crippen LogP) is 5.20. The van der Waals surface area contributed by atoms with E-state index < -0.39 is 10.0 Å². The van der Waals surface area contributed by atoms with Gasteiger partial charge in [0.15, 0.2) is 0 Å². The van der Waals surface area contributed by atoms with Crippen molar-refractivity contribution in [3.8, 4) is 0 Å². The Hall–Kier alpha value is -0.610. The average molecular weight is 380 g/mol. The smallest absolute Gasteiger partial charge is 0.211 e. The van der Waals surface area contributed by atoms with Crippen LogP contribution in [0.25, 0.3) is 0 Å². The summed E-state index contributed by atoms with van der Waals surface area (Å²) in [4.78, 5) is 0. The van der Waals surface area contributed by atoms with E-state index in [0.717, 1.165) is 25.7 Å². The fourth-order valence-corrected chi connectivity index (χ4v) is 6.70. The van der Waals surface area contributed by atoms with Crippen LogP contribution in [0.1, 0.15) is 77.6 Å². The van der Waals surface area contributed by atoms with Crippen LogP contribution in [0.3, 0.4) is 0 Å². The third-order valence-corrected chi connectivity index (χ3v) is 8.16. The fraction of sp³-hybridized carbons (Fsp3) is 0.818. The third kappa shape index (κ3) is 5.45. The Kier molecular flexibility index (Phi) is 7.39. The van der Waals surface area contributed by atoms with E-state index in [-0.39, 0.29) is 6.04 Å². The van der Waals surface area contributed by atoms with E-state index in [0.29, 0.717) is 29.4 Å². The molecule has 0 amide bonds. The van der Waals surface area contributed by atoms with Crippen LogP contribution in [0.5, 0.6) is 0 Å². The van der Waals surface area contributed by atoms with Gasteiger partial charge < -0.3 is 0 Å². The van der Waals surface area contributed by atoms with Crippen LogP contribution in [-0.4, -0.2) is 20.2 Å². The van der Waals surface area contributed by atoms with E-state index >= 15 is 0 Å². The molecule has 0 saturated heterocycles. The van der Waals surface area contributed by atoms with Crippen LogP contribution in [-0.2, 0) is 10.0 Å². The lowest BCUT2D eigenvalue weighted by atomic mass is 9.86. The van der Waals surface area contributed by atoms with Crippen molar-refractivity contribution < 1.29 is 8.42 Å². The number of nitrogens with one attached hydrogen (secondary N) is 1. The number of sulfonamides is 1. The second kappa shape index (κ2) is 9.54. The molecule has 2 bridgehead atoms. The molecule has 2 saturated carbocycles. The highest BCUT2D eigenvalue weighted by Crippen LogP contribution is 2.45. The van der Waals surface area contributed by atoms with Gasteiger partial charge in [0, 0.05) is 6.04 Å². The molecular weight excluding hydrogens is 342 g/mol. The molecule has 0 aliphatic heterocycles. The van der Waals surface area contributed by atoms with Gasteiger partial charge in [0.05, 0.1) is 5.75 Å². The molecule has 0 aromatic heterocycles. The number of hydrogen-bond donors (Lipinski definition) is 1. The molecule has 0 aromatic carbocycles. The lowest BCUT2D eigenvalue weighted by Crippen LogP contribution is -2.43. The Morgan fingerprint density at radius 2 is 1.85 bits per heavy atom. The molecule has 3 rings (SSSR count). The van der Waals surface area contributed by atoms with E-state index in [2.05, 4.69) is 35.9 Å². The van der Waals surface area contributed by atoms with Crippen molar-refractivity contribution >= 4 is 10.0 Å². The molecule has 26 heavy (non-hydrogen) atoms. The molecule has 1 N–H and O–H groups in total. The maximum Gasteiger partial charge on any atom is 0.211 e. The molecule has 3 nitrogen and oxygen atoms in total. The van der Waals surface area contributed by atoms with Gasteiger partial charge in [0.25, 0.3) is 0 Å². The first-order valence-electron chi connectivity index (χ1n) is 10.9. The summed E-state index contributed by atoms with van der Waals surface area (Å²) in [6, 6.07) is 0.109. The normalized spacial score (nSPS) is 32.0. The standard InChI is InChI=1S/C22H37NO2S/c1-2-3-4-5-9-12-21-19-13-14-20(17-19)22(21)23-26(24,25)16-15-18-10-7-6-8-11-18/h5,9,13-14,18-23H,2-4,6-8,10-12,15-17H2,1H3. The van der Waals surface area contributed by atoms with E-state index in [1.807, 2.05) is 0 Å². The van der Waals surface area contributed by atoms with Crippen molar-refractivity contribution in [3.63, 3.8) is 0 Å². The Balaban J connectivity index is 1.52. The second-order valence-corrected chi connectivity index (χ2v) is 10.6. The Labute approximate surface area is 160 Å². The topological polar surface area (TPSA) is 46.2 Å². The van der Waals surface area contributed by atoms with Crippen molar-refractivity contribution in [1.29, 1.82) is 0 Å². The number of fused-ring (bicyclic) bond motifs is 2. The molecule has 3 aliphatic rings. The van der Waals surface area contributed by atoms with E-state index in [9.17, 15) is 8.42 Å². The Morgan fingerprint density at radius 3 is 2.62 bits per heavy atom. The summed E-state index contributed by atoms with van der Waals surface area (Å²) >= 11 is 0. The van der Waals surface area contributed by atoms with Crippen molar-refractivity contribution in [2.75, 3.05) is 5.75 Å². The van der Waals surface area contributed by atoms with Gasteiger partial charge in [-0.25, -0.2) is 13.1 Å². The van der Waals surface area contributed by atoms with Crippen LogP contribution in [0.4, 0.5) is 0 Å². The van der Waals surface area contributed by atoms with Gasteiger partial charge in [-0.1, -0.05) is 76.2 Å². The predicted molar refractivity (Wildman–Crippen MR) is 109 cm³/mol. The van der Waals surface area contributed by atoms with Crippen molar-refractivity contribution in [3.05, 3.63) is 24.3 Å². The van der Waals surface area contributed by atoms with Crippen molar-refractivity contribution in [1.82, 2.24) is 4.72 Å². The van der Waals surface area contributed by atoms with Gasteiger partial charge in [-0.05, 0) is 49.4 Å². The molecule has 2 fully saturated rings. The summed E-state index contributed by atoms with van der Waals surface area (Å²) in [7, 11) is -3.17. The summed E-state index contributed by atoms with van der Waals surface area (Å²) < 4.78 is 28.5. The zero-order valence-electron chi connectivity index (χ0n) is 16.4. The summed E-state index contributed by atoms with van der Waals surface area (Å²) in [5.41, 5.74) is 0. The summed E-state index contributed by atoms with van der Waals surface area (Å²) in [6.07, 6.45) is 22.1. The van der Waals surface area contributed by atoms with E-state index in [1.54, 1.807) is 0 Å². The number of allylic oxidation sites excluding steroid dienone is 3. The van der Waals surface area contributed by atoms with E-state index in [4.69, 9.17) is 0 Å². The average Bonchev–Trinajstić information content (AvgIpc) is 3.23. The van der Waals surface area contributed by atoms with Gasteiger partial charge in [-0.3, -0.25) is 0 Å². The van der Waals surface area contributed by atoms with Crippen LogP contribution < -0.4 is 4.72 Å². The highest BCUT2D eigenvalue weighted by Gasteiger charge is 2.45. The van der Waals surface area contributed by atoms with Gasteiger partial charge >= 0.3 is 0 Å². The van der Waals surface area contributed by atoms with Gasteiger partial charge in [-0.15, -0.1) is 0 Å². The number of rotatable bonds is 10. The van der Waals surface area contributed by atoms with Gasteiger partial charge in [0.1, 0.15) is 0 Å². The molecule has 4 atom stereocenters.